The zero-order valence-electron chi connectivity index (χ0n) is 53.3. The van der Waals surface area contributed by atoms with Gasteiger partial charge in [0, 0.05) is 52.0 Å². The molecule has 0 fully saturated rings. The first kappa shape index (κ1) is 61.7. The van der Waals surface area contributed by atoms with Gasteiger partial charge in [0.15, 0.2) is 0 Å². The molecule has 95 heavy (non-hydrogen) atoms. The molecule has 462 valence electrons. The number of aromatic nitrogens is 4. The number of hydrogen-bond donors (Lipinski definition) is 0. The van der Waals surface area contributed by atoms with E-state index in [2.05, 4.69) is 236 Å². The second-order valence-corrected chi connectivity index (χ2v) is 24.7. The largest absolute Gasteiger partial charge is 3.00 e. The first-order valence-corrected chi connectivity index (χ1v) is 32.4. The minimum absolute atomic E-state index is 0. The van der Waals surface area contributed by atoms with Gasteiger partial charge in [-0.15, -0.1) is 89.5 Å². The van der Waals surface area contributed by atoms with Crippen LogP contribution in [0.1, 0.15) is 72.9 Å². The molecule has 7 nitrogen and oxygen atoms in total. The Morgan fingerprint density at radius 1 is 0.400 bits per heavy atom. The number of para-hydroxylation sites is 1. The molecular formula is C87H67IrN4O3. The number of aryl methyl sites for hydroxylation is 4. The van der Waals surface area contributed by atoms with Gasteiger partial charge < -0.3 is 28.1 Å². The van der Waals surface area contributed by atoms with Crippen molar-refractivity contribution in [2.24, 2.45) is 0 Å². The molecule has 0 saturated heterocycles. The van der Waals surface area contributed by atoms with Gasteiger partial charge in [-0.2, -0.15) is 0 Å². The number of furan rings is 2. The summed E-state index contributed by atoms with van der Waals surface area (Å²) in [5.41, 5.74) is 21.7. The second-order valence-electron chi connectivity index (χ2n) is 24.7. The van der Waals surface area contributed by atoms with Crippen LogP contribution in [-0.4, -0.2) is 19.5 Å². The van der Waals surface area contributed by atoms with Crippen molar-refractivity contribution in [3.63, 3.8) is 0 Å². The molecule has 0 radical (unpaired) electrons. The van der Waals surface area contributed by atoms with E-state index in [-0.39, 0.29) is 31.9 Å². The van der Waals surface area contributed by atoms with Crippen LogP contribution in [0.5, 0.6) is 11.5 Å². The van der Waals surface area contributed by atoms with E-state index in [0.29, 0.717) is 0 Å². The number of pyridine rings is 2. The SMILES string of the molecule is CC(C)c1cc(-c2ccc3c(c2)oc2ccccc23)cc(C(C)C)c1-n1ccnc1-c1[c-]ccc2c1oc1c3ccc(-c4ccccc4)cc3ccc21.[Ir+3].[c-]1ccccc1-c1cc(CCc2cccc(Oc3cccc(CCc4cc[c-]c(-c5ccccn5)c4)c3)c2)ccn1. The van der Waals surface area contributed by atoms with E-state index in [4.69, 9.17) is 18.6 Å². The van der Waals surface area contributed by atoms with Gasteiger partial charge in [-0.3, -0.25) is 4.98 Å². The molecule has 0 bridgehead atoms. The second kappa shape index (κ2) is 27.4. The third-order valence-electron chi connectivity index (χ3n) is 17.8. The molecule has 16 aromatic rings. The average molecular weight is 1410 g/mol. The molecule has 16 rings (SSSR count). The first-order valence-electron chi connectivity index (χ1n) is 32.4. The van der Waals surface area contributed by atoms with Crippen LogP contribution < -0.4 is 4.74 Å². The van der Waals surface area contributed by atoms with Crippen molar-refractivity contribution in [1.29, 1.82) is 0 Å². The Bertz CT molecular complexity index is 5220. The maximum atomic E-state index is 6.85. The Morgan fingerprint density at radius 2 is 1.04 bits per heavy atom. The van der Waals surface area contributed by atoms with Crippen LogP contribution in [0, 0.1) is 18.2 Å². The molecule has 0 saturated carbocycles. The predicted molar refractivity (Wildman–Crippen MR) is 384 cm³/mol. The standard InChI is InChI=1S/C49H37N2O2.C38H30N2O.Ir/c1-29(2)42-26-35(33-18-21-38-37-13-8-9-16-44(37)52-45(38)28-33)27-43(30(3)4)46(42)51-24-23-50-49(51)41-15-10-14-39-40-22-19-34-25-32(31-11-6-5-7-12-31)17-20-36(34)47(40)53-48(39)41;1-2-12-33(13-3-1)38-28-32(22-24-40-38)21-20-31-11-8-16-36(27-31)41-35-15-7-10-30(26-35)19-18-29-9-6-14-34(25-29)37-17-4-5-23-39-37;/h5-14,16-30H,1-4H3;1-12,15-17,22-28H,18-21H2;/q-1;-2;+3. The maximum Gasteiger partial charge on any atom is 3.00 e. The summed E-state index contributed by atoms with van der Waals surface area (Å²) in [5.74, 6) is 3.03. The molecule has 0 aliphatic rings. The van der Waals surface area contributed by atoms with Gasteiger partial charge >= 0.3 is 20.1 Å². The zero-order valence-corrected chi connectivity index (χ0v) is 55.7. The predicted octanol–water partition coefficient (Wildman–Crippen LogP) is 22.6. The van der Waals surface area contributed by atoms with Gasteiger partial charge in [0.25, 0.3) is 0 Å². The van der Waals surface area contributed by atoms with Gasteiger partial charge in [0.2, 0.25) is 0 Å². The number of hydrogen-bond acceptors (Lipinski definition) is 6. The number of imidazole rings is 1. The van der Waals surface area contributed by atoms with E-state index in [1.54, 1.807) is 0 Å². The van der Waals surface area contributed by atoms with E-state index >= 15 is 0 Å². The van der Waals surface area contributed by atoms with Crippen LogP contribution in [0.3, 0.4) is 0 Å². The van der Waals surface area contributed by atoms with Crippen LogP contribution in [0.25, 0.3) is 116 Å². The Morgan fingerprint density at radius 3 is 1.78 bits per heavy atom. The van der Waals surface area contributed by atoms with E-state index in [0.717, 1.165) is 137 Å². The van der Waals surface area contributed by atoms with Crippen molar-refractivity contribution >= 4 is 54.6 Å². The van der Waals surface area contributed by atoms with Crippen LogP contribution in [0.4, 0.5) is 0 Å². The van der Waals surface area contributed by atoms with Crippen LogP contribution in [-0.2, 0) is 45.8 Å². The summed E-state index contributed by atoms with van der Waals surface area (Å²) < 4.78 is 21.7. The van der Waals surface area contributed by atoms with Gasteiger partial charge in [0.1, 0.15) is 28.2 Å². The van der Waals surface area contributed by atoms with Crippen molar-refractivity contribution < 1.29 is 33.7 Å². The number of ether oxygens (including phenoxy) is 1. The summed E-state index contributed by atoms with van der Waals surface area (Å²) >= 11 is 0. The summed E-state index contributed by atoms with van der Waals surface area (Å²) in [6.07, 6.45) is 11.4. The molecule has 0 aliphatic carbocycles. The molecule has 0 N–H and O–H groups in total. The summed E-state index contributed by atoms with van der Waals surface area (Å²) in [6.45, 7) is 9.08. The molecule has 8 heteroatoms. The molecule has 0 aliphatic heterocycles. The normalized spacial score (nSPS) is 11.4. The van der Waals surface area contributed by atoms with Crippen molar-refractivity contribution in [1.82, 2.24) is 19.5 Å². The third-order valence-corrected chi connectivity index (χ3v) is 17.8. The number of rotatable bonds is 16. The minimum Gasteiger partial charge on any atom is -0.500 e. The van der Waals surface area contributed by atoms with Crippen LogP contribution in [0.2, 0.25) is 0 Å². The summed E-state index contributed by atoms with van der Waals surface area (Å²) in [4.78, 5) is 14.0. The van der Waals surface area contributed by atoms with Gasteiger partial charge in [-0.05, 0) is 172 Å². The molecule has 5 aromatic heterocycles. The maximum absolute atomic E-state index is 6.85. The van der Waals surface area contributed by atoms with Crippen molar-refractivity contribution in [3.05, 3.63) is 325 Å². The third kappa shape index (κ3) is 13.0. The van der Waals surface area contributed by atoms with Gasteiger partial charge in [-0.1, -0.05) is 166 Å². The van der Waals surface area contributed by atoms with E-state index in [1.807, 2.05) is 97.5 Å². The van der Waals surface area contributed by atoms with E-state index in [9.17, 15) is 0 Å². The Kier molecular flexibility index (Phi) is 17.8. The minimum atomic E-state index is 0. The molecule has 0 amide bonds. The zero-order chi connectivity index (χ0) is 63.5. The van der Waals surface area contributed by atoms with Crippen LogP contribution >= 0.6 is 0 Å². The Hall–Kier alpha value is -10.8. The van der Waals surface area contributed by atoms with Gasteiger partial charge in [-0.25, -0.2) is 0 Å². The van der Waals surface area contributed by atoms with Crippen molar-refractivity contribution in [2.75, 3.05) is 0 Å². The number of fused-ring (bicyclic) bond motifs is 8. The molecule has 0 atom stereocenters. The summed E-state index contributed by atoms with van der Waals surface area (Å²) in [6, 6.07) is 96.5. The topological polar surface area (TPSA) is 79.1 Å². The molecule has 0 spiro atoms. The van der Waals surface area contributed by atoms with Gasteiger partial charge in [0.05, 0.1) is 11.4 Å². The molecule has 5 heterocycles. The first-order chi connectivity index (χ1) is 46.2. The fraction of sp³-hybridized carbons (Fsp3) is 0.115. The average Bonchev–Trinajstić information content (AvgIpc) is 1.66. The molecular weight excluding hydrogens is 1340 g/mol. The number of benzene rings is 11. The van der Waals surface area contributed by atoms with Crippen molar-refractivity contribution in [3.8, 4) is 73.3 Å². The summed E-state index contributed by atoms with van der Waals surface area (Å²) in [7, 11) is 0. The Balaban J connectivity index is 0.000000168. The van der Waals surface area contributed by atoms with Crippen LogP contribution in [0.15, 0.2) is 282 Å². The van der Waals surface area contributed by atoms with Crippen molar-refractivity contribution in [2.45, 2.75) is 65.2 Å². The summed E-state index contributed by atoms with van der Waals surface area (Å²) in [5, 5.41) is 6.66. The van der Waals surface area contributed by atoms with E-state index < -0.39 is 0 Å². The monoisotopic (exact) mass is 1410 g/mol. The smallest absolute Gasteiger partial charge is 0.500 e. The fourth-order valence-corrected chi connectivity index (χ4v) is 13.0. The molecule has 11 aromatic carbocycles. The van der Waals surface area contributed by atoms with E-state index in [1.165, 1.54) is 50.1 Å². The Labute approximate surface area is 567 Å². The molecule has 0 unspecified atom stereocenters. The number of nitrogens with zero attached hydrogens (tertiary/aromatic N) is 4. The fourth-order valence-electron chi connectivity index (χ4n) is 13.0. The quantitative estimate of drug-likeness (QED) is 0.0897.